The zero-order chi connectivity index (χ0) is 21.2. The van der Waals surface area contributed by atoms with Crippen LogP contribution < -0.4 is 20.1 Å². The molecule has 2 rings (SSSR count). The predicted molar refractivity (Wildman–Crippen MR) is 132 cm³/mol. The average molecular weight is 533 g/mol. The minimum Gasteiger partial charge on any atom is -0.493 e. The van der Waals surface area contributed by atoms with Crippen LogP contribution in [0.3, 0.4) is 0 Å². The lowest BCUT2D eigenvalue weighted by molar-refractivity contribution is -0.133. The zero-order valence-electron chi connectivity index (χ0n) is 18.7. The molecule has 1 aliphatic rings. The number of likely N-dealkylation sites (N-methyl/N-ethyl adjacent to an activating group) is 1. The van der Waals surface area contributed by atoms with Crippen LogP contribution in [0.1, 0.15) is 26.2 Å². The van der Waals surface area contributed by atoms with Crippen molar-refractivity contribution < 1.29 is 14.3 Å². The summed E-state index contributed by atoms with van der Waals surface area (Å²) in [5.41, 5.74) is 0.874. The first-order chi connectivity index (χ1) is 14.0. The third-order valence-corrected chi connectivity index (χ3v) is 4.95. The molecule has 8 nitrogen and oxygen atoms in total. The highest BCUT2D eigenvalue weighted by atomic mass is 127. The lowest BCUT2D eigenvalue weighted by Gasteiger charge is -2.25. The van der Waals surface area contributed by atoms with E-state index in [0.29, 0.717) is 18.0 Å². The van der Waals surface area contributed by atoms with E-state index in [2.05, 4.69) is 20.5 Å². The van der Waals surface area contributed by atoms with Crippen molar-refractivity contribution in [2.75, 3.05) is 59.8 Å². The first kappa shape index (κ1) is 26.3. The summed E-state index contributed by atoms with van der Waals surface area (Å²) >= 11 is 0. The molecule has 170 valence electrons. The Hall–Kier alpha value is -1.75. The van der Waals surface area contributed by atoms with Gasteiger partial charge in [-0.05, 0) is 44.9 Å². The molecule has 0 aliphatic carbocycles. The Morgan fingerprint density at radius 3 is 2.63 bits per heavy atom. The van der Waals surface area contributed by atoms with Gasteiger partial charge in [0.15, 0.2) is 17.5 Å². The Balaban J connectivity index is 0.00000450. The van der Waals surface area contributed by atoms with E-state index in [0.717, 1.165) is 50.5 Å². The molecule has 0 aromatic heterocycles. The molecular weight excluding hydrogens is 497 g/mol. The second kappa shape index (κ2) is 13.5. The molecule has 1 fully saturated rings. The maximum atomic E-state index is 12.3. The van der Waals surface area contributed by atoms with Crippen LogP contribution in [0.4, 0.5) is 5.69 Å². The fourth-order valence-electron chi connectivity index (χ4n) is 3.49. The Bertz CT molecular complexity index is 699. The molecule has 1 heterocycles. The predicted octanol–water partition coefficient (Wildman–Crippen LogP) is 2.64. The van der Waals surface area contributed by atoms with Gasteiger partial charge in [-0.3, -0.25) is 14.7 Å². The molecule has 1 atom stereocenters. The molecule has 0 spiro atoms. The molecule has 0 saturated carbocycles. The summed E-state index contributed by atoms with van der Waals surface area (Å²) in [7, 11) is 6.89. The smallest absolute Gasteiger partial charge is 0.239 e. The molecule has 30 heavy (non-hydrogen) atoms. The van der Waals surface area contributed by atoms with Gasteiger partial charge in [-0.2, -0.15) is 0 Å². The summed E-state index contributed by atoms with van der Waals surface area (Å²) in [6.07, 6.45) is 2.93. The summed E-state index contributed by atoms with van der Waals surface area (Å²) in [5, 5.41) is 6.57. The van der Waals surface area contributed by atoms with Crippen LogP contribution in [0.25, 0.3) is 0 Å². The summed E-state index contributed by atoms with van der Waals surface area (Å²) in [6.45, 7) is 5.35. The number of aliphatic imine (C=N–C) groups is 1. The monoisotopic (exact) mass is 533 g/mol. The molecule has 1 saturated heterocycles. The fraction of sp³-hybridized carbons (Fsp3) is 0.619. The molecule has 1 unspecified atom stereocenters. The van der Waals surface area contributed by atoms with Crippen LogP contribution in [0.5, 0.6) is 11.5 Å². The van der Waals surface area contributed by atoms with E-state index >= 15 is 0 Å². The van der Waals surface area contributed by atoms with Gasteiger partial charge in [0, 0.05) is 45.5 Å². The fourth-order valence-corrected chi connectivity index (χ4v) is 3.49. The van der Waals surface area contributed by atoms with E-state index < -0.39 is 0 Å². The number of hydrogen-bond acceptors (Lipinski definition) is 5. The van der Waals surface area contributed by atoms with Gasteiger partial charge in [0.25, 0.3) is 0 Å². The maximum Gasteiger partial charge on any atom is 0.239 e. The van der Waals surface area contributed by atoms with Crippen molar-refractivity contribution in [1.82, 2.24) is 15.1 Å². The number of benzene rings is 1. The molecule has 2 N–H and O–H groups in total. The Labute approximate surface area is 197 Å². The average Bonchev–Trinajstić information content (AvgIpc) is 3.18. The van der Waals surface area contributed by atoms with E-state index in [1.165, 1.54) is 0 Å². The molecule has 0 radical (unpaired) electrons. The number of hydrogen-bond donors (Lipinski definition) is 2. The summed E-state index contributed by atoms with van der Waals surface area (Å²) in [5.74, 6) is 2.28. The molecule has 1 aromatic rings. The Morgan fingerprint density at radius 1 is 1.27 bits per heavy atom. The summed E-state index contributed by atoms with van der Waals surface area (Å²) in [4.78, 5) is 20.9. The van der Waals surface area contributed by atoms with Gasteiger partial charge in [0.1, 0.15) is 0 Å². The van der Waals surface area contributed by atoms with Crippen LogP contribution in [0, 0.1) is 0 Å². The van der Waals surface area contributed by atoms with Crippen molar-refractivity contribution in [3.05, 3.63) is 18.2 Å². The van der Waals surface area contributed by atoms with E-state index in [-0.39, 0.29) is 35.9 Å². The number of methoxy groups -OCH3 is 2. The lowest BCUT2D eigenvalue weighted by Crippen LogP contribution is -2.43. The van der Waals surface area contributed by atoms with Crippen LogP contribution in [-0.2, 0) is 4.79 Å². The number of nitrogens with one attached hydrogen (secondary N) is 2. The van der Waals surface area contributed by atoms with Crippen molar-refractivity contribution in [3.63, 3.8) is 0 Å². The Kier molecular flexibility index (Phi) is 11.9. The first-order valence-corrected chi connectivity index (χ1v) is 10.2. The van der Waals surface area contributed by atoms with E-state index in [4.69, 9.17) is 9.47 Å². The first-order valence-electron chi connectivity index (χ1n) is 10.2. The van der Waals surface area contributed by atoms with E-state index in [1.807, 2.05) is 39.2 Å². The van der Waals surface area contributed by atoms with Crippen molar-refractivity contribution >= 4 is 41.5 Å². The normalized spacial score (nSPS) is 16.6. The number of amides is 1. The third-order valence-electron chi connectivity index (χ3n) is 4.95. The quantitative estimate of drug-likeness (QED) is 0.220. The van der Waals surface area contributed by atoms with Gasteiger partial charge in [0.05, 0.1) is 20.3 Å². The zero-order valence-corrected chi connectivity index (χ0v) is 21.1. The topological polar surface area (TPSA) is 78.4 Å². The lowest BCUT2D eigenvalue weighted by atomic mass is 10.2. The van der Waals surface area contributed by atoms with Gasteiger partial charge in [-0.25, -0.2) is 0 Å². The molecule has 9 heteroatoms. The number of ether oxygens (including phenoxy) is 2. The van der Waals surface area contributed by atoms with Crippen molar-refractivity contribution in [2.24, 2.45) is 4.99 Å². The van der Waals surface area contributed by atoms with Gasteiger partial charge in [-0.1, -0.05) is 0 Å². The van der Waals surface area contributed by atoms with E-state index in [9.17, 15) is 4.79 Å². The van der Waals surface area contributed by atoms with Gasteiger partial charge in [0.2, 0.25) is 5.91 Å². The summed E-state index contributed by atoms with van der Waals surface area (Å²) in [6, 6.07) is 5.69. The highest BCUT2D eigenvalue weighted by Crippen LogP contribution is 2.29. The molecule has 0 bridgehead atoms. The number of likely N-dealkylation sites (tertiary alicyclic amines) is 1. The molecule has 1 aromatic carbocycles. The molecule has 1 amide bonds. The van der Waals surface area contributed by atoms with Crippen molar-refractivity contribution in [1.29, 1.82) is 0 Å². The van der Waals surface area contributed by atoms with Gasteiger partial charge >= 0.3 is 0 Å². The van der Waals surface area contributed by atoms with Gasteiger partial charge in [-0.15, -0.1) is 24.0 Å². The summed E-state index contributed by atoms with van der Waals surface area (Å²) < 4.78 is 10.6. The second-order valence-corrected chi connectivity index (χ2v) is 7.24. The van der Waals surface area contributed by atoms with Crippen LogP contribution in [0.15, 0.2) is 23.2 Å². The number of halogens is 1. The number of anilines is 1. The van der Waals surface area contributed by atoms with E-state index in [1.54, 1.807) is 19.1 Å². The van der Waals surface area contributed by atoms with Crippen LogP contribution in [0.2, 0.25) is 0 Å². The highest BCUT2D eigenvalue weighted by Gasteiger charge is 2.30. The third kappa shape index (κ3) is 7.50. The number of rotatable bonds is 9. The van der Waals surface area contributed by atoms with Gasteiger partial charge < -0.3 is 25.0 Å². The van der Waals surface area contributed by atoms with Crippen LogP contribution in [-0.4, -0.2) is 82.2 Å². The van der Waals surface area contributed by atoms with Crippen molar-refractivity contribution in [2.45, 2.75) is 32.2 Å². The number of carbonyl (C=O) groups excluding carboxylic acids is 1. The SMILES string of the molecule is CCNC(=NCCCN1CCCC1C(=O)N(C)C)Nc1ccc(OC)c(OC)c1.I. The minimum absolute atomic E-state index is 0. The standard InChI is InChI=1S/C21H35N5O3.HI/c1-6-22-21(24-16-10-11-18(28-4)19(15-16)29-5)23-12-8-14-26-13-7-9-17(26)20(27)25(2)3;/h10-11,15,17H,6-9,12-14H2,1-5H3,(H2,22,23,24);1H. The second-order valence-electron chi connectivity index (χ2n) is 7.24. The minimum atomic E-state index is 0. The number of carbonyl (C=O) groups is 1. The number of guanidine groups is 1. The Morgan fingerprint density at radius 2 is 2.00 bits per heavy atom. The molecule has 1 aliphatic heterocycles. The molecular formula is C21H36IN5O3. The maximum absolute atomic E-state index is 12.3. The van der Waals surface area contributed by atoms with Crippen molar-refractivity contribution in [3.8, 4) is 11.5 Å². The van der Waals surface area contributed by atoms with Crippen LogP contribution >= 0.6 is 24.0 Å². The number of nitrogens with zero attached hydrogens (tertiary/aromatic N) is 3. The largest absolute Gasteiger partial charge is 0.493 e. The highest BCUT2D eigenvalue weighted by molar-refractivity contribution is 14.0.